The van der Waals surface area contributed by atoms with E-state index in [0.29, 0.717) is 34.5 Å². The fourth-order valence-corrected chi connectivity index (χ4v) is 3.21. The second-order valence-electron chi connectivity index (χ2n) is 7.08. The van der Waals surface area contributed by atoms with Gasteiger partial charge >= 0.3 is 0 Å². The summed E-state index contributed by atoms with van der Waals surface area (Å²) in [5, 5.41) is 11.8. The first-order chi connectivity index (χ1) is 15.6. The number of hydrogen-bond acceptors (Lipinski definition) is 4. The number of ether oxygens (including phenoxy) is 1. The summed E-state index contributed by atoms with van der Waals surface area (Å²) in [6.45, 7) is 2.22. The van der Waals surface area contributed by atoms with Crippen LogP contribution < -0.4 is 10.2 Å². The number of nitrogens with zero attached hydrogens (tertiary/aromatic N) is 2. The molecule has 1 amide bonds. The van der Waals surface area contributed by atoms with Gasteiger partial charge in [-0.25, -0.2) is 5.43 Å². The lowest BCUT2D eigenvalue weighted by Crippen LogP contribution is -2.19. The van der Waals surface area contributed by atoms with E-state index in [9.17, 15) is 4.79 Å². The molecule has 32 heavy (non-hydrogen) atoms. The van der Waals surface area contributed by atoms with E-state index in [2.05, 4.69) is 20.7 Å². The summed E-state index contributed by atoms with van der Waals surface area (Å²) in [5.74, 6) is 0.353. The maximum Gasteiger partial charge on any atom is 0.289 e. The van der Waals surface area contributed by atoms with Gasteiger partial charge in [-0.1, -0.05) is 60.1 Å². The number of H-pyrrole nitrogens is 1. The van der Waals surface area contributed by atoms with E-state index >= 15 is 0 Å². The Morgan fingerprint density at radius 1 is 1.03 bits per heavy atom. The normalized spacial score (nSPS) is 11.2. The number of amides is 1. The first-order valence-electron chi connectivity index (χ1n) is 10.0. The molecule has 7 heteroatoms. The predicted octanol–water partition coefficient (Wildman–Crippen LogP) is 5.46. The van der Waals surface area contributed by atoms with Crippen LogP contribution in [0.2, 0.25) is 5.02 Å². The van der Waals surface area contributed by atoms with Crippen molar-refractivity contribution in [3.63, 3.8) is 0 Å². The molecule has 0 fully saturated rings. The maximum absolute atomic E-state index is 12.4. The molecule has 0 aliphatic heterocycles. The lowest BCUT2D eigenvalue weighted by atomic mass is 10.1. The van der Waals surface area contributed by atoms with Crippen LogP contribution in [-0.4, -0.2) is 21.8 Å². The molecule has 2 N–H and O–H groups in total. The number of benzene rings is 3. The zero-order valence-electron chi connectivity index (χ0n) is 17.4. The van der Waals surface area contributed by atoms with Crippen molar-refractivity contribution in [1.82, 2.24) is 15.6 Å². The molecule has 0 aliphatic carbocycles. The van der Waals surface area contributed by atoms with Gasteiger partial charge in [0.25, 0.3) is 5.91 Å². The van der Waals surface area contributed by atoms with Gasteiger partial charge in [0.15, 0.2) is 0 Å². The Morgan fingerprint density at radius 2 is 1.75 bits per heavy atom. The Labute approximate surface area is 190 Å². The molecule has 0 spiro atoms. The topological polar surface area (TPSA) is 79.4 Å². The van der Waals surface area contributed by atoms with E-state index in [4.69, 9.17) is 16.3 Å². The quantitative estimate of drug-likeness (QED) is 0.293. The van der Waals surface area contributed by atoms with E-state index < -0.39 is 0 Å². The molecule has 3 aromatic carbocycles. The maximum atomic E-state index is 12.4. The van der Waals surface area contributed by atoms with Crippen LogP contribution in [0, 0.1) is 0 Å². The van der Waals surface area contributed by atoms with Crippen LogP contribution in [0.25, 0.3) is 11.3 Å². The zero-order valence-corrected chi connectivity index (χ0v) is 18.1. The van der Waals surface area contributed by atoms with Gasteiger partial charge in [0.05, 0.1) is 11.4 Å². The van der Waals surface area contributed by atoms with Gasteiger partial charge < -0.3 is 4.74 Å². The Hall–Kier alpha value is -3.90. The van der Waals surface area contributed by atoms with Gasteiger partial charge in [-0.05, 0) is 48.9 Å². The number of rotatable bonds is 7. The summed E-state index contributed by atoms with van der Waals surface area (Å²) in [4.78, 5) is 12.4. The minimum Gasteiger partial charge on any atom is -0.489 e. The Kier molecular flexibility index (Phi) is 6.63. The molecule has 0 atom stereocenters. The number of hydrogen-bond donors (Lipinski definition) is 2. The highest BCUT2D eigenvalue weighted by molar-refractivity contribution is 6.31. The molecule has 0 radical (unpaired) electrons. The van der Waals surface area contributed by atoms with Crippen LogP contribution in [0.5, 0.6) is 5.75 Å². The summed E-state index contributed by atoms with van der Waals surface area (Å²) in [6, 6.07) is 26.4. The minimum absolute atomic E-state index is 0.323. The highest BCUT2D eigenvalue weighted by atomic mass is 35.5. The van der Waals surface area contributed by atoms with Crippen molar-refractivity contribution in [2.45, 2.75) is 13.5 Å². The van der Waals surface area contributed by atoms with Crippen molar-refractivity contribution >= 4 is 23.2 Å². The molecule has 1 aromatic heterocycles. The highest BCUT2D eigenvalue weighted by Crippen LogP contribution is 2.23. The van der Waals surface area contributed by atoms with Crippen molar-refractivity contribution < 1.29 is 9.53 Å². The lowest BCUT2D eigenvalue weighted by Gasteiger charge is -2.08. The summed E-state index contributed by atoms with van der Waals surface area (Å²) in [7, 11) is 0. The second kappa shape index (κ2) is 9.94. The fourth-order valence-electron chi connectivity index (χ4n) is 3.02. The Morgan fingerprint density at radius 3 is 2.50 bits per heavy atom. The monoisotopic (exact) mass is 444 g/mol. The largest absolute Gasteiger partial charge is 0.489 e. The predicted molar refractivity (Wildman–Crippen MR) is 126 cm³/mol. The van der Waals surface area contributed by atoms with E-state index in [-0.39, 0.29) is 5.91 Å². The molecule has 0 saturated heterocycles. The lowest BCUT2D eigenvalue weighted by molar-refractivity contribution is 0.0950. The summed E-state index contributed by atoms with van der Waals surface area (Å²) in [6.07, 6.45) is 0. The molecule has 0 unspecified atom stereocenters. The first kappa shape index (κ1) is 21.3. The Bertz CT molecular complexity index is 1230. The third kappa shape index (κ3) is 5.22. The van der Waals surface area contributed by atoms with Crippen molar-refractivity contribution in [3.8, 4) is 17.0 Å². The molecule has 0 aliphatic rings. The van der Waals surface area contributed by atoms with Gasteiger partial charge in [-0.15, -0.1) is 0 Å². The van der Waals surface area contributed by atoms with Gasteiger partial charge in [-0.3, -0.25) is 9.89 Å². The molecule has 0 saturated carbocycles. The molecule has 160 valence electrons. The van der Waals surface area contributed by atoms with Crippen LogP contribution in [0.4, 0.5) is 0 Å². The van der Waals surface area contributed by atoms with E-state index in [1.54, 1.807) is 6.07 Å². The average molecular weight is 445 g/mol. The number of halogens is 1. The van der Waals surface area contributed by atoms with Crippen molar-refractivity contribution in [2.75, 3.05) is 0 Å². The van der Waals surface area contributed by atoms with Crippen molar-refractivity contribution in [3.05, 3.63) is 107 Å². The average Bonchev–Trinajstić information content (AvgIpc) is 3.33. The van der Waals surface area contributed by atoms with E-state index in [1.165, 1.54) is 0 Å². The number of carbonyl (C=O) groups excluding carboxylic acids is 1. The second-order valence-corrected chi connectivity index (χ2v) is 7.48. The molecule has 1 heterocycles. The molecule has 6 nitrogen and oxygen atoms in total. The summed E-state index contributed by atoms with van der Waals surface area (Å²) in [5.41, 5.74) is 6.96. The van der Waals surface area contributed by atoms with E-state index in [1.807, 2.05) is 85.8 Å². The molecular weight excluding hydrogens is 424 g/mol. The van der Waals surface area contributed by atoms with Crippen LogP contribution in [0.3, 0.4) is 0 Å². The van der Waals surface area contributed by atoms with Gasteiger partial charge in [0, 0.05) is 16.1 Å². The first-order valence-corrected chi connectivity index (χ1v) is 10.4. The standard InChI is InChI=1S/C25H21ClN4O2/c1-17(18-7-3-2-4-8-18)27-30-25(31)24-15-23(28-29-24)19-11-13-21(14-12-19)32-16-20-9-5-6-10-22(20)26/h2-15H,16H2,1H3,(H,28,29)(H,30,31). The van der Waals surface area contributed by atoms with Crippen molar-refractivity contribution in [1.29, 1.82) is 0 Å². The van der Waals surface area contributed by atoms with Gasteiger partial charge in [0.1, 0.15) is 18.1 Å². The summed E-state index contributed by atoms with van der Waals surface area (Å²) < 4.78 is 5.81. The number of aromatic nitrogens is 2. The minimum atomic E-state index is -0.362. The number of carbonyl (C=O) groups is 1. The molecule has 0 bridgehead atoms. The number of aromatic amines is 1. The van der Waals surface area contributed by atoms with Crippen LogP contribution in [-0.2, 0) is 6.61 Å². The zero-order chi connectivity index (χ0) is 22.3. The van der Waals surface area contributed by atoms with Crippen LogP contribution in [0.1, 0.15) is 28.5 Å². The molecule has 4 aromatic rings. The smallest absolute Gasteiger partial charge is 0.289 e. The Balaban J connectivity index is 1.37. The van der Waals surface area contributed by atoms with Crippen molar-refractivity contribution in [2.24, 2.45) is 5.10 Å². The number of nitrogens with one attached hydrogen (secondary N) is 2. The third-order valence-electron chi connectivity index (χ3n) is 4.84. The van der Waals surface area contributed by atoms with Crippen LogP contribution >= 0.6 is 11.6 Å². The van der Waals surface area contributed by atoms with Gasteiger partial charge in [0.2, 0.25) is 0 Å². The fraction of sp³-hybridized carbons (Fsp3) is 0.0800. The third-order valence-corrected chi connectivity index (χ3v) is 5.21. The number of hydrazone groups is 1. The van der Waals surface area contributed by atoms with Gasteiger partial charge in [-0.2, -0.15) is 10.2 Å². The SMILES string of the molecule is CC(=NNC(=O)c1cc(-c2ccc(OCc3ccccc3Cl)cc2)n[nH]1)c1ccccc1. The van der Waals surface area contributed by atoms with E-state index in [0.717, 1.165) is 16.7 Å². The van der Waals surface area contributed by atoms with Crippen LogP contribution in [0.15, 0.2) is 90.0 Å². The molecule has 4 rings (SSSR count). The molecular formula is C25H21ClN4O2. The summed E-state index contributed by atoms with van der Waals surface area (Å²) >= 11 is 6.16. The highest BCUT2D eigenvalue weighted by Gasteiger charge is 2.11.